The monoisotopic (exact) mass is 418 g/mol. The Morgan fingerprint density at radius 1 is 1.31 bits per heavy atom. The zero-order valence-electron chi connectivity index (χ0n) is 16.9. The van der Waals surface area contributed by atoms with Crippen molar-refractivity contribution in [2.45, 2.75) is 25.4 Å². The quantitative estimate of drug-likeness (QED) is 0.709. The van der Waals surface area contributed by atoms with Crippen LogP contribution >= 0.6 is 11.8 Å². The number of methoxy groups -OCH3 is 2. The van der Waals surface area contributed by atoms with Gasteiger partial charge in [0.1, 0.15) is 0 Å². The van der Waals surface area contributed by atoms with E-state index in [2.05, 4.69) is 10.3 Å². The van der Waals surface area contributed by atoms with Crippen LogP contribution in [0.5, 0.6) is 11.5 Å². The summed E-state index contributed by atoms with van der Waals surface area (Å²) in [7, 11) is 3.02. The van der Waals surface area contributed by atoms with Crippen LogP contribution in [0.4, 0.5) is 5.69 Å². The van der Waals surface area contributed by atoms with Crippen LogP contribution in [0, 0.1) is 0 Å². The van der Waals surface area contributed by atoms with Crippen molar-refractivity contribution in [3.05, 3.63) is 36.4 Å². The number of benzene rings is 1. The van der Waals surface area contributed by atoms with E-state index in [9.17, 15) is 9.59 Å². The van der Waals surface area contributed by atoms with Crippen LogP contribution in [0.15, 0.2) is 30.9 Å². The van der Waals surface area contributed by atoms with Gasteiger partial charge in [0.05, 0.1) is 32.0 Å². The first-order valence-electron chi connectivity index (χ1n) is 9.39. The van der Waals surface area contributed by atoms with Crippen LogP contribution in [0.1, 0.15) is 23.2 Å². The van der Waals surface area contributed by atoms with Crippen molar-refractivity contribution >= 4 is 29.3 Å². The summed E-state index contributed by atoms with van der Waals surface area (Å²) >= 11 is 1.42. The summed E-state index contributed by atoms with van der Waals surface area (Å²) in [5, 5.41) is 2.82. The average molecular weight is 419 g/mol. The Labute approximate surface area is 174 Å². The van der Waals surface area contributed by atoms with Crippen molar-refractivity contribution in [2.24, 2.45) is 0 Å². The summed E-state index contributed by atoms with van der Waals surface area (Å²) in [6, 6.07) is 3.42. The lowest BCUT2D eigenvalue weighted by molar-refractivity contribution is -0.113. The molecule has 1 N–H and O–H groups in total. The molecular weight excluding hydrogens is 392 g/mol. The minimum absolute atomic E-state index is 0.0890. The third-order valence-electron chi connectivity index (χ3n) is 4.89. The molecule has 29 heavy (non-hydrogen) atoms. The zero-order valence-corrected chi connectivity index (χ0v) is 17.7. The van der Waals surface area contributed by atoms with Gasteiger partial charge >= 0.3 is 0 Å². The third kappa shape index (κ3) is 4.84. The summed E-state index contributed by atoms with van der Waals surface area (Å²) in [6.45, 7) is 1.40. The van der Waals surface area contributed by atoms with E-state index in [4.69, 9.17) is 9.47 Å². The number of likely N-dealkylation sites (tertiary alicyclic amines) is 1. The number of ether oxygens (including phenoxy) is 2. The molecule has 1 unspecified atom stereocenters. The van der Waals surface area contributed by atoms with Gasteiger partial charge in [-0.1, -0.05) is 0 Å². The molecule has 0 saturated carbocycles. The molecular formula is C20H26N4O4S. The lowest BCUT2D eigenvalue weighted by Gasteiger charge is -2.26. The predicted octanol–water partition coefficient (Wildman–Crippen LogP) is 2.51. The predicted molar refractivity (Wildman–Crippen MR) is 113 cm³/mol. The van der Waals surface area contributed by atoms with Crippen LogP contribution in [-0.4, -0.2) is 65.1 Å². The first-order valence-corrected chi connectivity index (χ1v) is 10.8. The third-order valence-corrected chi connectivity index (χ3v) is 5.44. The minimum Gasteiger partial charge on any atom is -0.493 e. The molecule has 8 nitrogen and oxygen atoms in total. The Morgan fingerprint density at radius 2 is 2.14 bits per heavy atom. The van der Waals surface area contributed by atoms with Gasteiger partial charge in [-0.05, 0) is 31.2 Å². The van der Waals surface area contributed by atoms with Gasteiger partial charge < -0.3 is 24.3 Å². The lowest BCUT2D eigenvalue weighted by atomic mass is 10.1. The molecule has 1 saturated heterocycles. The summed E-state index contributed by atoms with van der Waals surface area (Å²) in [5.74, 6) is 0.858. The number of nitrogens with one attached hydrogen (secondary N) is 1. The van der Waals surface area contributed by atoms with Crippen LogP contribution < -0.4 is 14.8 Å². The Balaban J connectivity index is 1.87. The number of nitrogens with zero attached hydrogens (tertiary/aromatic N) is 3. The second-order valence-electron chi connectivity index (χ2n) is 6.79. The molecule has 1 atom stereocenters. The van der Waals surface area contributed by atoms with Gasteiger partial charge in [0.15, 0.2) is 11.5 Å². The number of rotatable bonds is 8. The van der Waals surface area contributed by atoms with E-state index in [0.717, 1.165) is 12.8 Å². The van der Waals surface area contributed by atoms with E-state index in [0.29, 0.717) is 41.6 Å². The van der Waals surface area contributed by atoms with Crippen molar-refractivity contribution in [1.29, 1.82) is 0 Å². The number of hydrogen-bond donors (Lipinski definition) is 1. The molecule has 1 aromatic carbocycles. The van der Waals surface area contributed by atoms with Crippen LogP contribution in [0.3, 0.4) is 0 Å². The van der Waals surface area contributed by atoms with Crippen LogP contribution in [0.25, 0.3) is 0 Å². The Kier molecular flexibility index (Phi) is 7.03. The molecule has 156 valence electrons. The van der Waals surface area contributed by atoms with Gasteiger partial charge in [0.25, 0.3) is 5.91 Å². The standard InChI is InChI=1S/C20H26N4O4S/c1-27-17-10-14(9-16(19(17)28-2)22-18(25)12-29-3)20(26)24-7-4-5-15(24)11-23-8-6-21-13-23/h6,8-10,13,15H,4-5,7,11-12H2,1-3H3,(H,22,25). The summed E-state index contributed by atoms with van der Waals surface area (Å²) < 4.78 is 12.8. The van der Waals surface area contributed by atoms with Crippen molar-refractivity contribution in [3.8, 4) is 11.5 Å². The van der Waals surface area contributed by atoms with Gasteiger partial charge in [-0.3, -0.25) is 9.59 Å². The van der Waals surface area contributed by atoms with E-state index in [-0.39, 0.29) is 17.9 Å². The SMILES string of the molecule is COc1cc(C(=O)N2CCCC2Cn2ccnc2)cc(NC(=O)CSC)c1OC. The second-order valence-corrected chi connectivity index (χ2v) is 7.66. The van der Waals surface area contributed by atoms with Gasteiger partial charge in [0.2, 0.25) is 5.91 Å². The van der Waals surface area contributed by atoms with Gasteiger partial charge in [0, 0.05) is 37.1 Å². The molecule has 1 fully saturated rings. The highest BCUT2D eigenvalue weighted by atomic mass is 32.2. The Bertz CT molecular complexity index is 856. The van der Waals surface area contributed by atoms with Crippen molar-refractivity contribution in [1.82, 2.24) is 14.5 Å². The van der Waals surface area contributed by atoms with E-state index < -0.39 is 0 Å². The smallest absolute Gasteiger partial charge is 0.254 e. The largest absolute Gasteiger partial charge is 0.493 e. The number of anilines is 1. The molecule has 2 aromatic rings. The number of carbonyl (C=O) groups excluding carboxylic acids is 2. The Hall–Kier alpha value is -2.68. The number of hydrogen-bond acceptors (Lipinski definition) is 6. The highest BCUT2D eigenvalue weighted by Crippen LogP contribution is 2.37. The van der Waals surface area contributed by atoms with E-state index in [1.165, 1.54) is 26.0 Å². The van der Waals surface area contributed by atoms with Crippen molar-refractivity contribution in [2.75, 3.05) is 38.1 Å². The maximum Gasteiger partial charge on any atom is 0.254 e. The fourth-order valence-corrected chi connectivity index (χ4v) is 3.93. The molecule has 1 aliphatic heterocycles. The van der Waals surface area contributed by atoms with Gasteiger partial charge in [-0.25, -0.2) is 4.98 Å². The highest BCUT2D eigenvalue weighted by molar-refractivity contribution is 7.99. The molecule has 9 heteroatoms. The van der Waals surface area contributed by atoms with E-state index in [1.54, 1.807) is 24.7 Å². The molecule has 2 amide bonds. The van der Waals surface area contributed by atoms with Crippen molar-refractivity contribution in [3.63, 3.8) is 0 Å². The Morgan fingerprint density at radius 3 is 2.79 bits per heavy atom. The topological polar surface area (TPSA) is 85.7 Å². The fourth-order valence-electron chi connectivity index (χ4n) is 3.59. The molecule has 0 spiro atoms. The maximum absolute atomic E-state index is 13.3. The molecule has 0 radical (unpaired) electrons. The fraction of sp³-hybridized carbons (Fsp3) is 0.450. The number of carbonyl (C=O) groups is 2. The molecule has 0 aliphatic carbocycles. The molecule has 1 aliphatic rings. The maximum atomic E-state index is 13.3. The number of imidazole rings is 1. The van der Waals surface area contributed by atoms with Crippen LogP contribution in [-0.2, 0) is 11.3 Å². The summed E-state index contributed by atoms with van der Waals surface area (Å²) in [5.41, 5.74) is 0.888. The van der Waals surface area contributed by atoms with E-state index in [1.807, 2.05) is 21.9 Å². The van der Waals surface area contributed by atoms with Crippen molar-refractivity contribution < 1.29 is 19.1 Å². The average Bonchev–Trinajstić information content (AvgIpc) is 3.39. The molecule has 1 aromatic heterocycles. The molecule has 3 rings (SSSR count). The minimum atomic E-state index is -0.165. The molecule has 0 bridgehead atoms. The highest BCUT2D eigenvalue weighted by Gasteiger charge is 2.30. The van der Waals surface area contributed by atoms with Gasteiger partial charge in [-0.2, -0.15) is 11.8 Å². The second kappa shape index (κ2) is 9.69. The first kappa shape index (κ1) is 21.0. The molecule has 2 heterocycles. The first-order chi connectivity index (χ1) is 14.1. The van der Waals surface area contributed by atoms with Crippen LogP contribution in [0.2, 0.25) is 0 Å². The number of amides is 2. The lowest BCUT2D eigenvalue weighted by Crippen LogP contribution is -2.38. The van der Waals surface area contributed by atoms with E-state index >= 15 is 0 Å². The number of thioether (sulfide) groups is 1. The normalized spacial score (nSPS) is 16.0. The zero-order chi connectivity index (χ0) is 20.8. The number of aromatic nitrogens is 2. The van der Waals surface area contributed by atoms with Gasteiger partial charge in [-0.15, -0.1) is 0 Å². The summed E-state index contributed by atoms with van der Waals surface area (Å²) in [6.07, 6.45) is 9.14. The summed E-state index contributed by atoms with van der Waals surface area (Å²) in [4.78, 5) is 31.4.